The Labute approximate surface area is 208 Å². The van der Waals surface area contributed by atoms with Crippen LogP contribution in [0.3, 0.4) is 0 Å². The summed E-state index contributed by atoms with van der Waals surface area (Å²) in [6.45, 7) is 1.13. The van der Waals surface area contributed by atoms with Crippen molar-refractivity contribution in [2.75, 3.05) is 34.9 Å². The molecule has 9 nitrogen and oxygen atoms in total. The molecular weight excluding hydrogens is 456 g/mol. The summed E-state index contributed by atoms with van der Waals surface area (Å²) >= 11 is 0. The molecule has 0 aliphatic heterocycles. The van der Waals surface area contributed by atoms with Crippen LogP contribution in [0.5, 0.6) is 11.5 Å². The van der Waals surface area contributed by atoms with Crippen molar-refractivity contribution in [3.05, 3.63) is 76.7 Å². The van der Waals surface area contributed by atoms with Gasteiger partial charge in [0.15, 0.2) is 0 Å². The van der Waals surface area contributed by atoms with Crippen molar-refractivity contribution >= 4 is 21.9 Å². The first-order valence-electron chi connectivity index (χ1n) is 11.7. The average molecular weight is 485 g/mol. The van der Waals surface area contributed by atoms with Crippen molar-refractivity contribution in [2.24, 2.45) is 0 Å². The quantitative estimate of drug-likeness (QED) is 0.360. The molecule has 0 aliphatic carbocycles. The molecule has 3 heterocycles. The Balaban J connectivity index is 1.72. The number of fused-ring (bicyclic) bond motifs is 2. The summed E-state index contributed by atoms with van der Waals surface area (Å²) in [6.07, 6.45) is 3.94. The van der Waals surface area contributed by atoms with Gasteiger partial charge in [-0.1, -0.05) is 12.1 Å². The monoisotopic (exact) mass is 484 g/mol. The zero-order chi connectivity index (χ0) is 25.2. The summed E-state index contributed by atoms with van der Waals surface area (Å²) < 4.78 is 12.8. The first-order chi connectivity index (χ1) is 17.5. The lowest BCUT2D eigenvalue weighted by Gasteiger charge is -2.17. The number of hydrogen-bond acceptors (Lipinski definition) is 7. The van der Waals surface area contributed by atoms with Gasteiger partial charge in [-0.2, -0.15) is 0 Å². The third-order valence-electron chi connectivity index (χ3n) is 6.21. The fraction of sp³-hybridized carbons (Fsp3) is 0.259. The first kappa shape index (κ1) is 23.5. The van der Waals surface area contributed by atoms with Crippen LogP contribution in [0.25, 0.3) is 33.2 Å². The van der Waals surface area contributed by atoms with Gasteiger partial charge >= 0.3 is 0 Å². The van der Waals surface area contributed by atoms with Crippen molar-refractivity contribution in [1.82, 2.24) is 29.4 Å². The predicted octanol–water partition coefficient (Wildman–Crippen LogP) is 3.50. The molecule has 184 valence electrons. The van der Waals surface area contributed by atoms with Gasteiger partial charge in [0.05, 0.1) is 31.8 Å². The second-order valence-electron chi connectivity index (χ2n) is 8.86. The van der Waals surface area contributed by atoms with Crippen LogP contribution in [0.15, 0.2) is 59.8 Å². The minimum absolute atomic E-state index is 0.129. The van der Waals surface area contributed by atoms with Crippen molar-refractivity contribution < 1.29 is 9.47 Å². The summed E-state index contributed by atoms with van der Waals surface area (Å²) in [6, 6.07) is 13.4. The highest BCUT2D eigenvalue weighted by Crippen LogP contribution is 2.32. The maximum atomic E-state index is 14.0. The fourth-order valence-electron chi connectivity index (χ4n) is 4.36. The SMILES string of the molecule is COc1cccc(Cn2c(CCN(C)C)nc3c(OC)cc(-c4ncnc5[nH]ccc45)cc3c2=O)c1. The Hall–Kier alpha value is -4.24. The van der Waals surface area contributed by atoms with Gasteiger partial charge in [0, 0.05) is 30.1 Å². The molecule has 5 rings (SSSR count). The lowest BCUT2D eigenvalue weighted by Crippen LogP contribution is -2.28. The van der Waals surface area contributed by atoms with E-state index in [0.29, 0.717) is 35.4 Å². The molecule has 0 saturated heterocycles. The third kappa shape index (κ3) is 4.40. The summed E-state index contributed by atoms with van der Waals surface area (Å²) in [4.78, 5) is 32.9. The highest BCUT2D eigenvalue weighted by Gasteiger charge is 2.18. The predicted molar refractivity (Wildman–Crippen MR) is 140 cm³/mol. The molecule has 0 bridgehead atoms. The fourth-order valence-corrected chi connectivity index (χ4v) is 4.36. The van der Waals surface area contributed by atoms with E-state index in [9.17, 15) is 4.79 Å². The van der Waals surface area contributed by atoms with Gasteiger partial charge in [-0.3, -0.25) is 9.36 Å². The van der Waals surface area contributed by atoms with E-state index in [-0.39, 0.29) is 5.56 Å². The first-order valence-corrected chi connectivity index (χ1v) is 11.7. The maximum absolute atomic E-state index is 14.0. The molecule has 3 aromatic heterocycles. The number of methoxy groups -OCH3 is 2. The van der Waals surface area contributed by atoms with E-state index in [1.54, 1.807) is 18.8 Å². The number of hydrogen-bond donors (Lipinski definition) is 1. The van der Waals surface area contributed by atoms with E-state index < -0.39 is 0 Å². The van der Waals surface area contributed by atoms with Crippen molar-refractivity contribution in [3.63, 3.8) is 0 Å². The number of benzene rings is 2. The maximum Gasteiger partial charge on any atom is 0.261 e. The lowest BCUT2D eigenvalue weighted by molar-refractivity contribution is 0.403. The highest BCUT2D eigenvalue weighted by atomic mass is 16.5. The van der Waals surface area contributed by atoms with Crippen LogP contribution in [0, 0.1) is 0 Å². The highest BCUT2D eigenvalue weighted by molar-refractivity contribution is 5.95. The number of aromatic nitrogens is 5. The number of ether oxygens (including phenoxy) is 2. The van der Waals surface area contributed by atoms with Gasteiger partial charge in [-0.15, -0.1) is 0 Å². The van der Waals surface area contributed by atoms with Gasteiger partial charge in [-0.25, -0.2) is 15.0 Å². The molecule has 5 aromatic rings. The molecule has 0 unspecified atom stereocenters. The number of nitrogens with one attached hydrogen (secondary N) is 1. The van der Waals surface area contributed by atoms with E-state index in [4.69, 9.17) is 14.5 Å². The number of likely N-dealkylation sites (N-methyl/N-ethyl adjacent to an activating group) is 1. The minimum Gasteiger partial charge on any atom is -0.497 e. The molecule has 36 heavy (non-hydrogen) atoms. The molecule has 0 atom stereocenters. The van der Waals surface area contributed by atoms with Gasteiger partial charge < -0.3 is 19.4 Å². The van der Waals surface area contributed by atoms with Crippen LogP contribution in [0.4, 0.5) is 0 Å². The molecule has 0 fully saturated rings. The van der Waals surface area contributed by atoms with Crippen LogP contribution in [-0.2, 0) is 13.0 Å². The summed E-state index contributed by atoms with van der Waals surface area (Å²) in [5, 5.41) is 1.34. The molecule has 0 aliphatic rings. The zero-order valence-electron chi connectivity index (χ0n) is 20.8. The Kier molecular flexibility index (Phi) is 6.39. The number of H-pyrrole nitrogens is 1. The second-order valence-corrected chi connectivity index (χ2v) is 8.86. The largest absolute Gasteiger partial charge is 0.497 e. The normalized spacial score (nSPS) is 11.5. The Bertz CT molecular complexity index is 1610. The molecule has 0 radical (unpaired) electrons. The summed E-state index contributed by atoms with van der Waals surface area (Å²) in [5.74, 6) is 1.97. The number of rotatable bonds is 8. The summed E-state index contributed by atoms with van der Waals surface area (Å²) in [5.41, 5.74) is 3.58. The van der Waals surface area contributed by atoms with Crippen LogP contribution < -0.4 is 15.0 Å². The molecule has 0 spiro atoms. The topological polar surface area (TPSA) is 98.2 Å². The van der Waals surface area contributed by atoms with E-state index in [0.717, 1.165) is 40.1 Å². The van der Waals surface area contributed by atoms with E-state index >= 15 is 0 Å². The molecule has 0 saturated carbocycles. The van der Waals surface area contributed by atoms with Gasteiger partial charge in [-0.05, 0) is 50.0 Å². The molecule has 9 heteroatoms. The Morgan fingerprint density at radius 3 is 2.67 bits per heavy atom. The minimum atomic E-state index is -0.129. The van der Waals surface area contributed by atoms with E-state index in [1.807, 2.05) is 62.8 Å². The van der Waals surface area contributed by atoms with E-state index in [1.165, 1.54) is 6.33 Å². The molecule has 1 N–H and O–H groups in total. The van der Waals surface area contributed by atoms with E-state index in [2.05, 4.69) is 19.9 Å². The van der Waals surface area contributed by atoms with Crippen LogP contribution in [0.1, 0.15) is 11.4 Å². The third-order valence-corrected chi connectivity index (χ3v) is 6.21. The van der Waals surface area contributed by atoms with Gasteiger partial charge in [0.2, 0.25) is 0 Å². The Morgan fingerprint density at radius 2 is 1.89 bits per heavy atom. The Morgan fingerprint density at radius 1 is 1.03 bits per heavy atom. The van der Waals surface area contributed by atoms with Crippen molar-refractivity contribution in [1.29, 1.82) is 0 Å². The van der Waals surface area contributed by atoms with Gasteiger partial charge in [0.25, 0.3) is 5.56 Å². The lowest BCUT2D eigenvalue weighted by atomic mass is 10.1. The van der Waals surface area contributed by atoms with Crippen LogP contribution in [-0.4, -0.2) is 64.3 Å². The van der Waals surface area contributed by atoms with Crippen LogP contribution >= 0.6 is 0 Å². The molecular formula is C27H28N6O3. The smallest absolute Gasteiger partial charge is 0.261 e. The second kappa shape index (κ2) is 9.79. The van der Waals surface area contributed by atoms with Crippen LogP contribution in [0.2, 0.25) is 0 Å². The number of nitrogens with zero attached hydrogens (tertiary/aromatic N) is 5. The number of aromatic amines is 1. The average Bonchev–Trinajstić information content (AvgIpc) is 3.38. The van der Waals surface area contributed by atoms with Gasteiger partial charge in [0.1, 0.15) is 34.8 Å². The molecule has 2 aromatic carbocycles. The van der Waals surface area contributed by atoms with Crippen molar-refractivity contribution in [2.45, 2.75) is 13.0 Å². The molecule has 0 amide bonds. The zero-order valence-corrected chi connectivity index (χ0v) is 20.8. The summed E-state index contributed by atoms with van der Waals surface area (Å²) in [7, 11) is 7.23. The van der Waals surface area contributed by atoms with Crippen molar-refractivity contribution in [3.8, 4) is 22.8 Å². The standard InChI is InChI=1S/C27H28N6O3/c1-32(2)11-9-23-31-25-21(27(34)33(23)15-17-6-5-7-19(12-17)35-3)13-18(14-22(25)36-4)24-20-8-10-28-26(20)30-16-29-24/h5-8,10,12-14,16H,9,11,15H2,1-4H3,(H,28,29,30).